The fraction of sp³-hybridized carbons (Fsp3) is 0.849. The SMILES string of the molecule is CCCCCC/C=C\CCCCCCCC(=O)OCC(COC(=O)CCCCCCCCCCCCCCCCCCCC/C=C\C/C=C\C/C=C\CCCCCCC)OC(=O)CCCCCCCCCCCCCCCCC. The standard InChI is InChI=1S/C73H134O6/c1-4-7-10-13-16-19-22-25-27-28-29-30-31-32-33-34-35-36-37-38-39-40-41-42-43-44-46-48-51-54-57-60-63-66-72(75)78-69-70(68-77-71(74)65-62-59-56-53-50-47-24-21-18-15-12-9-6-3)79-73(76)67-64-61-58-55-52-49-45-26-23-20-17-14-11-8-5-2/h21-22,24-25,28-29,31-32,70H,4-20,23,26-27,30,33-69H2,1-3H3/b24-21-,25-22-,29-28-,32-31-. The van der Waals surface area contributed by atoms with Crippen LogP contribution >= 0.6 is 0 Å². The first-order valence-corrected chi connectivity index (χ1v) is 35.1. The van der Waals surface area contributed by atoms with E-state index in [0.717, 1.165) is 77.0 Å². The van der Waals surface area contributed by atoms with Crippen LogP contribution in [0.25, 0.3) is 0 Å². The Morgan fingerprint density at radius 1 is 0.253 bits per heavy atom. The zero-order chi connectivity index (χ0) is 57.1. The molecule has 0 N–H and O–H groups in total. The molecule has 0 aromatic carbocycles. The Hall–Kier alpha value is -2.63. The molecule has 0 aromatic heterocycles. The molecule has 1 atom stereocenters. The lowest BCUT2D eigenvalue weighted by Gasteiger charge is -2.18. The molecule has 0 saturated carbocycles. The van der Waals surface area contributed by atoms with Crippen molar-refractivity contribution in [2.24, 2.45) is 0 Å². The fourth-order valence-electron chi connectivity index (χ4n) is 10.5. The largest absolute Gasteiger partial charge is 0.462 e. The van der Waals surface area contributed by atoms with E-state index in [1.54, 1.807) is 0 Å². The second-order valence-electron chi connectivity index (χ2n) is 23.8. The van der Waals surface area contributed by atoms with E-state index in [1.807, 2.05) is 0 Å². The van der Waals surface area contributed by atoms with E-state index in [-0.39, 0.29) is 31.1 Å². The number of carbonyl (C=O) groups excluding carboxylic acids is 3. The molecule has 0 aliphatic rings. The average molecular weight is 1110 g/mol. The minimum Gasteiger partial charge on any atom is -0.462 e. The van der Waals surface area contributed by atoms with Crippen LogP contribution in [0.3, 0.4) is 0 Å². The van der Waals surface area contributed by atoms with Crippen molar-refractivity contribution in [1.82, 2.24) is 0 Å². The molecular weight excluding hydrogens is 973 g/mol. The number of unbranched alkanes of at least 4 members (excludes halogenated alkanes) is 46. The number of hydrogen-bond donors (Lipinski definition) is 0. The van der Waals surface area contributed by atoms with E-state index in [9.17, 15) is 14.4 Å². The normalized spacial score (nSPS) is 12.3. The van der Waals surface area contributed by atoms with Gasteiger partial charge in [-0.15, -0.1) is 0 Å². The van der Waals surface area contributed by atoms with Gasteiger partial charge in [-0.3, -0.25) is 14.4 Å². The van der Waals surface area contributed by atoms with Crippen molar-refractivity contribution in [3.63, 3.8) is 0 Å². The zero-order valence-electron chi connectivity index (χ0n) is 53.2. The summed E-state index contributed by atoms with van der Waals surface area (Å²) < 4.78 is 16.9. The van der Waals surface area contributed by atoms with E-state index in [4.69, 9.17) is 14.2 Å². The Kier molecular flexibility index (Phi) is 65.6. The van der Waals surface area contributed by atoms with E-state index in [0.29, 0.717) is 19.3 Å². The Bertz CT molecular complexity index is 1360. The van der Waals surface area contributed by atoms with Crippen LogP contribution in [0.15, 0.2) is 48.6 Å². The minimum absolute atomic E-state index is 0.0700. The molecule has 79 heavy (non-hydrogen) atoms. The first kappa shape index (κ1) is 76.4. The second-order valence-corrected chi connectivity index (χ2v) is 23.8. The van der Waals surface area contributed by atoms with Crippen LogP contribution in [-0.2, 0) is 28.6 Å². The van der Waals surface area contributed by atoms with Crippen LogP contribution in [0.4, 0.5) is 0 Å². The van der Waals surface area contributed by atoms with Crippen molar-refractivity contribution in [3.05, 3.63) is 48.6 Å². The van der Waals surface area contributed by atoms with E-state index >= 15 is 0 Å². The molecule has 0 amide bonds. The van der Waals surface area contributed by atoms with Gasteiger partial charge >= 0.3 is 17.9 Å². The minimum atomic E-state index is -0.773. The quantitative estimate of drug-likeness (QED) is 0.0261. The highest BCUT2D eigenvalue weighted by Crippen LogP contribution is 2.18. The third-order valence-electron chi connectivity index (χ3n) is 15.8. The number of hydrogen-bond acceptors (Lipinski definition) is 6. The molecule has 1 unspecified atom stereocenters. The number of ether oxygens (including phenoxy) is 3. The number of allylic oxidation sites excluding steroid dienone is 8. The molecule has 462 valence electrons. The molecule has 0 heterocycles. The molecule has 0 spiro atoms. The average Bonchev–Trinajstić information content (AvgIpc) is 3.45. The smallest absolute Gasteiger partial charge is 0.306 e. The van der Waals surface area contributed by atoms with Crippen molar-refractivity contribution in [2.45, 2.75) is 386 Å². The summed E-state index contributed by atoms with van der Waals surface area (Å²) in [6.45, 7) is 6.66. The predicted octanol–water partition coefficient (Wildman–Crippen LogP) is 24.1. The van der Waals surface area contributed by atoms with Crippen LogP contribution < -0.4 is 0 Å². The summed E-state index contributed by atoms with van der Waals surface area (Å²) in [6.07, 6.45) is 85.8. The van der Waals surface area contributed by atoms with Gasteiger partial charge in [0, 0.05) is 19.3 Å². The molecule has 6 heteroatoms. The first-order chi connectivity index (χ1) is 39.0. The van der Waals surface area contributed by atoms with Gasteiger partial charge in [0.15, 0.2) is 6.10 Å². The second kappa shape index (κ2) is 67.9. The van der Waals surface area contributed by atoms with E-state index < -0.39 is 6.10 Å². The van der Waals surface area contributed by atoms with Gasteiger partial charge in [0.1, 0.15) is 13.2 Å². The maximum absolute atomic E-state index is 12.9. The van der Waals surface area contributed by atoms with E-state index in [1.165, 1.54) is 263 Å². The molecule has 0 aliphatic heterocycles. The van der Waals surface area contributed by atoms with Crippen molar-refractivity contribution in [3.8, 4) is 0 Å². The van der Waals surface area contributed by atoms with Crippen LogP contribution in [0.2, 0.25) is 0 Å². The first-order valence-electron chi connectivity index (χ1n) is 35.1. The summed E-state index contributed by atoms with van der Waals surface area (Å²) in [5.41, 5.74) is 0. The monoisotopic (exact) mass is 1110 g/mol. The summed E-state index contributed by atoms with van der Waals surface area (Å²) >= 11 is 0. The summed E-state index contributed by atoms with van der Waals surface area (Å²) in [6, 6.07) is 0. The van der Waals surface area contributed by atoms with Crippen molar-refractivity contribution >= 4 is 17.9 Å². The summed E-state index contributed by atoms with van der Waals surface area (Å²) in [5, 5.41) is 0. The molecule has 0 fully saturated rings. The number of esters is 3. The van der Waals surface area contributed by atoms with Gasteiger partial charge in [0.25, 0.3) is 0 Å². The van der Waals surface area contributed by atoms with Crippen molar-refractivity contribution in [1.29, 1.82) is 0 Å². The Balaban J connectivity index is 4.11. The third-order valence-corrected chi connectivity index (χ3v) is 15.8. The van der Waals surface area contributed by atoms with Crippen LogP contribution in [-0.4, -0.2) is 37.2 Å². The maximum atomic E-state index is 12.9. The van der Waals surface area contributed by atoms with Crippen molar-refractivity contribution in [2.75, 3.05) is 13.2 Å². The summed E-state index contributed by atoms with van der Waals surface area (Å²) in [7, 11) is 0. The lowest BCUT2D eigenvalue weighted by atomic mass is 10.0. The van der Waals surface area contributed by atoms with E-state index in [2.05, 4.69) is 69.4 Å². The Labute approximate surface area is 492 Å². The van der Waals surface area contributed by atoms with Crippen LogP contribution in [0.1, 0.15) is 380 Å². The number of carbonyl (C=O) groups is 3. The Morgan fingerprint density at radius 2 is 0.456 bits per heavy atom. The van der Waals surface area contributed by atoms with Gasteiger partial charge < -0.3 is 14.2 Å². The maximum Gasteiger partial charge on any atom is 0.306 e. The fourth-order valence-corrected chi connectivity index (χ4v) is 10.5. The van der Waals surface area contributed by atoms with Crippen LogP contribution in [0.5, 0.6) is 0 Å². The molecule has 0 aliphatic carbocycles. The molecule has 0 aromatic rings. The van der Waals surface area contributed by atoms with Crippen molar-refractivity contribution < 1.29 is 28.6 Å². The van der Waals surface area contributed by atoms with Gasteiger partial charge in [-0.05, 0) is 83.5 Å². The highest BCUT2D eigenvalue weighted by molar-refractivity contribution is 5.71. The lowest BCUT2D eigenvalue weighted by molar-refractivity contribution is -0.167. The summed E-state index contributed by atoms with van der Waals surface area (Å²) in [4.78, 5) is 38.3. The highest BCUT2D eigenvalue weighted by Gasteiger charge is 2.19. The topological polar surface area (TPSA) is 78.9 Å². The summed E-state index contributed by atoms with van der Waals surface area (Å²) in [5.74, 6) is -0.854. The molecule has 0 saturated heterocycles. The molecule has 0 radical (unpaired) electrons. The number of rotatable bonds is 65. The van der Waals surface area contributed by atoms with Gasteiger partial charge in [-0.1, -0.05) is 326 Å². The Morgan fingerprint density at radius 3 is 0.734 bits per heavy atom. The predicted molar refractivity (Wildman–Crippen MR) is 344 cm³/mol. The molecule has 6 nitrogen and oxygen atoms in total. The zero-order valence-corrected chi connectivity index (χ0v) is 53.2. The third kappa shape index (κ3) is 66.1. The van der Waals surface area contributed by atoms with Crippen LogP contribution in [0, 0.1) is 0 Å². The lowest BCUT2D eigenvalue weighted by Crippen LogP contribution is -2.30. The van der Waals surface area contributed by atoms with Gasteiger partial charge in [0.2, 0.25) is 0 Å². The van der Waals surface area contributed by atoms with Gasteiger partial charge in [-0.25, -0.2) is 0 Å². The van der Waals surface area contributed by atoms with Gasteiger partial charge in [-0.2, -0.15) is 0 Å². The molecule has 0 bridgehead atoms. The molecule has 0 rings (SSSR count). The molecular formula is C73H134O6. The van der Waals surface area contributed by atoms with Gasteiger partial charge in [0.05, 0.1) is 0 Å². The highest BCUT2D eigenvalue weighted by atomic mass is 16.6.